The quantitative estimate of drug-likeness (QED) is 0.781. The van der Waals surface area contributed by atoms with Crippen LogP contribution in [0.4, 0.5) is 0 Å². The third-order valence-electron chi connectivity index (χ3n) is 3.17. The fourth-order valence-electron chi connectivity index (χ4n) is 2.23. The largest absolute Gasteiger partial charge is 0.274 e. The number of hydrogen-bond donors (Lipinski definition) is 1. The number of aromatic nitrogens is 3. The van der Waals surface area contributed by atoms with Crippen LogP contribution in [0.15, 0.2) is 34.4 Å². The maximum atomic E-state index is 12.3. The number of thiazole rings is 1. The van der Waals surface area contributed by atoms with Crippen molar-refractivity contribution in [3.8, 4) is 22.4 Å². The standard InChI is InChI=1S/C15H12ClN3OS/c1-8-13(10-3-5-11(16)6-4-10)14(15(20)19-18-8)12-7-21-9(2)17-12/h3-7H,1-2H3,(H,19,20). The summed E-state index contributed by atoms with van der Waals surface area (Å²) in [5.74, 6) is 0. The zero-order valence-electron chi connectivity index (χ0n) is 11.5. The average Bonchev–Trinajstić information content (AvgIpc) is 2.88. The number of aryl methyl sites for hydroxylation is 2. The first-order valence-corrected chi connectivity index (χ1v) is 7.60. The summed E-state index contributed by atoms with van der Waals surface area (Å²) in [6.45, 7) is 3.78. The topological polar surface area (TPSA) is 58.6 Å². The van der Waals surface area contributed by atoms with E-state index in [4.69, 9.17) is 11.6 Å². The van der Waals surface area contributed by atoms with Crippen LogP contribution in [0.2, 0.25) is 5.02 Å². The van der Waals surface area contributed by atoms with E-state index in [0.717, 1.165) is 21.8 Å². The predicted molar refractivity (Wildman–Crippen MR) is 85.9 cm³/mol. The van der Waals surface area contributed by atoms with Gasteiger partial charge in [-0.3, -0.25) is 4.79 Å². The molecule has 0 aliphatic carbocycles. The van der Waals surface area contributed by atoms with Gasteiger partial charge < -0.3 is 0 Å². The highest BCUT2D eigenvalue weighted by atomic mass is 35.5. The minimum absolute atomic E-state index is 0.240. The maximum absolute atomic E-state index is 12.3. The molecule has 3 aromatic rings. The van der Waals surface area contributed by atoms with Gasteiger partial charge in [0, 0.05) is 16.0 Å². The molecule has 4 nitrogen and oxygen atoms in total. The summed E-state index contributed by atoms with van der Waals surface area (Å²) in [6, 6.07) is 7.37. The van der Waals surface area contributed by atoms with Crippen LogP contribution in [0.5, 0.6) is 0 Å². The fraction of sp³-hybridized carbons (Fsp3) is 0.133. The molecule has 0 bridgehead atoms. The zero-order valence-corrected chi connectivity index (χ0v) is 13.0. The molecule has 6 heteroatoms. The zero-order chi connectivity index (χ0) is 15.0. The Kier molecular flexibility index (Phi) is 3.61. The van der Waals surface area contributed by atoms with Gasteiger partial charge >= 0.3 is 0 Å². The van der Waals surface area contributed by atoms with E-state index in [1.165, 1.54) is 11.3 Å². The van der Waals surface area contributed by atoms with Gasteiger partial charge in [0.1, 0.15) is 0 Å². The Bertz CT molecular complexity index is 852. The Balaban J connectivity index is 2.31. The number of nitrogens with one attached hydrogen (secondary N) is 1. The number of hydrogen-bond acceptors (Lipinski definition) is 4. The summed E-state index contributed by atoms with van der Waals surface area (Å²) in [7, 11) is 0. The van der Waals surface area contributed by atoms with E-state index in [2.05, 4.69) is 15.2 Å². The predicted octanol–water partition coefficient (Wildman–Crippen LogP) is 3.83. The highest BCUT2D eigenvalue weighted by Gasteiger charge is 2.17. The smallest absolute Gasteiger partial charge is 0.267 e. The lowest BCUT2D eigenvalue weighted by Gasteiger charge is -2.09. The van der Waals surface area contributed by atoms with E-state index < -0.39 is 0 Å². The van der Waals surface area contributed by atoms with Crippen LogP contribution >= 0.6 is 22.9 Å². The number of nitrogens with zero attached hydrogens (tertiary/aromatic N) is 2. The molecule has 0 saturated heterocycles. The lowest BCUT2D eigenvalue weighted by atomic mass is 9.98. The van der Waals surface area contributed by atoms with E-state index in [0.29, 0.717) is 16.3 Å². The van der Waals surface area contributed by atoms with E-state index in [9.17, 15) is 4.79 Å². The molecule has 0 unspecified atom stereocenters. The first kappa shape index (κ1) is 14.0. The van der Waals surface area contributed by atoms with Crippen molar-refractivity contribution < 1.29 is 0 Å². The van der Waals surface area contributed by atoms with Gasteiger partial charge in [-0.05, 0) is 31.5 Å². The molecule has 21 heavy (non-hydrogen) atoms. The first-order valence-electron chi connectivity index (χ1n) is 6.34. The maximum Gasteiger partial charge on any atom is 0.274 e. The normalized spacial score (nSPS) is 10.8. The minimum Gasteiger partial charge on any atom is -0.267 e. The number of benzene rings is 1. The Morgan fingerprint density at radius 3 is 2.48 bits per heavy atom. The van der Waals surface area contributed by atoms with Crippen molar-refractivity contribution in [2.24, 2.45) is 0 Å². The lowest BCUT2D eigenvalue weighted by Crippen LogP contribution is -2.14. The van der Waals surface area contributed by atoms with Gasteiger partial charge in [0.25, 0.3) is 5.56 Å². The number of rotatable bonds is 2. The van der Waals surface area contributed by atoms with Crippen LogP contribution in [0.3, 0.4) is 0 Å². The highest BCUT2D eigenvalue weighted by molar-refractivity contribution is 7.09. The Hall–Kier alpha value is -1.98. The minimum atomic E-state index is -0.240. The van der Waals surface area contributed by atoms with Gasteiger partial charge in [-0.1, -0.05) is 23.7 Å². The van der Waals surface area contributed by atoms with Gasteiger partial charge in [-0.15, -0.1) is 11.3 Å². The summed E-state index contributed by atoms with van der Waals surface area (Å²) < 4.78 is 0. The molecule has 0 atom stereocenters. The van der Waals surface area contributed by atoms with Crippen LogP contribution in [0.1, 0.15) is 10.7 Å². The molecule has 1 aromatic carbocycles. The van der Waals surface area contributed by atoms with Gasteiger partial charge in [0.2, 0.25) is 0 Å². The summed E-state index contributed by atoms with van der Waals surface area (Å²) >= 11 is 7.45. The molecule has 2 heterocycles. The van der Waals surface area contributed by atoms with E-state index in [-0.39, 0.29) is 5.56 Å². The molecule has 106 valence electrons. The molecule has 1 N–H and O–H groups in total. The molecule has 0 radical (unpaired) electrons. The van der Waals surface area contributed by atoms with Crippen LogP contribution in [-0.4, -0.2) is 15.2 Å². The third kappa shape index (κ3) is 2.62. The summed E-state index contributed by atoms with van der Waals surface area (Å²) in [5.41, 5.74) is 3.42. The molecule has 0 saturated carbocycles. The monoisotopic (exact) mass is 317 g/mol. The molecule has 0 amide bonds. The molecular weight excluding hydrogens is 306 g/mol. The van der Waals surface area contributed by atoms with Crippen molar-refractivity contribution in [2.45, 2.75) is 13.8 Å². The van der Waals surface area contributed by atoms with Crippen LogP contribution in [-0.2, 0) is 0 Å². The number of H-pyrrole nitrogens is 1. The highest BCUT2D eigenvalue weighted by Crippen LogP contribution is 2.32. The van der Waals surface area contributed by atoms with Crippen LogP contribution in [0, 0.1) is 13.8 Å². The van der Waals surface area contributed by atoms with E-state index >= 15 is 0 Å². The van der Waals surface area contributed by atoms with Gasteiger partial charge in [0.05, 0.1) is 22.0 Å². The average molecular weight is 318 g/mol. The third-order valence-corrected chi connectivity index (χ3v) is 4.20. The van der Waals surface area contributed by atoms with Crippen molar-refractivity contribution in [3.05, 3.63) is 55.7 Å². The van der Waals surface area contributed by atoms with Crippen molar-refractivity contribution in [1.82, 2.24) is 15.2 Å². The van der Waals surface area contributed by atoms with Crippen molar-refractivity contribution >= 4 is 22.9 Å². The van der Waals surface area contributed by atoms with Gasteiger partial charge in [-0.25, -0.2) is 10.1 Å². The van der Waals surface area contributed by atoms with Crippen LogP contribution < -0.4 is 5.56 Å². The Labute approximate surface area is 130 Å². The van der Waals surface area contributed by atoms with E-state index in [1.807, 2.05) is 31.4 Å². The van der Waals surface area contributed by atoms with Crippen molar-refractivity contribution in [1.29, 1.82) is 0 Å². The summed E-state index contributed by atoms with van der Waals surface area (Å²) in [5, 5.41) is 10.1. The second-order valence-electron chi connectivity index (χ2n) is 4.65. The molecular formula is C15H12ClN3OS. The Morgan fingerprint density at radius 1 is 1.14 bits per heavy atom. The Morgan fingerprint density at radius 2 is 1.86 bits per heavy atom. The molecule has 3 rings (SSSR count). The number of halogens is 1. The molecule has 0 spiro atoms. The second kappa shape index (κ2) is 5.42. The summed E-state index contributed by atoms with van der Waals surface area (Å²) in [4.78, 5) is 16.7. The summed E-state index contributed by atoms with van der Waals surface area (Å²) in [6.07, 6.45) is 0. The molecule has 2 aromatic heterocycles. The molecule has 0 aliphatic heterocycles. The van der Waals surface area contributed by atoms with Gasteiger partial charge in [-0.2, -0.15) is 5.10 Å². The van der Waals surface area contributed by atoms with Gasteiger partial charge in [0.15, 0.2) is 0 Å². The molecule has 0 fully saturated rings. The SMILES string of the molecule is Cc1nc(-c2c(-c3ccc(Cl)cc3)c(C)n[nH]c2=O)cs1. The molecule has 0 aliphatic rings. The lowest BCUT2D eigenvalue weighted by molar-refractivity contribution is 0.950. The fourth-order valence-corrected chi connectivity index (χ4v) is 2.96. The number of aromatic amines is 1. The van der Waals surface area contributed by atoms with E-state index in [1.54, 1.807) is 12.1 Å². The van der Waals surface area contributed by atoms with Crippen LogP contribution in [0.25, 0.3) is 22.4 Å². The van der Waals surface area contributed by atoms with Crippen molar-refractivity contribution in [3.63, 3.8) is 0 Å². The first-order chi connectivity index (χ1) is 10.1. The second-order valence-corrected chi connectivity index (χ2v) is 6.15. The van der Waals surface area contributed by atoms with Crippen molar-refractivity contribution in [2.75, 3.05) is 0 Å².